The lowest BCUT2D eigenvalue weighted by molar-refractivity contribution is -0.142. The third-order valence-corrected chi connectivity index (χ3v) is 4.69. The van der Waals surface area contributed by atoms with Crippen molar-refractivity contribution in [2.75, 3.05) is 0 Å². The maximum atomic E-state index is 12.0. The van der Waals surface area contributed by atoms with Gasteiger partial charge in [-0.25, -0.2) is 4.79 Å². The third-order valence-electron chi connectivity index (χ3n) is 3.68. The molecule has 1 aromatic heterocycles. The molecule has 1 atom stereocenters. The SMILES string of the molecule is Cc1cc(CCCC(=O)N[C@H](C(=O)O)c2ccccc2)c(C)s1. The van der Waals surface area contributed by atoms with Crippen LogP contribution in [0.1, 0.15) is 39.8 Å². The number of rotatable bonds is 7. The molecule has 2 N–H and O–H groups in total. The zero-order chi connectivity index (χ0) is 16.8. The molecule has 0 saturated heterocycles. The normalized spacial score (nSPS) is 11.9. The number of aliphatic carboxylic acids is 1. The molecule has 1 amide bonds. The van der Waals surface area contributed by atoms with Gasteiger partial charge in [-0.3, -0.25) is 4.79 Å². The van der Waals surface area contributed by atoms with Gasteiger partial charge in [-0.05, 0) is 43.9 Å². The topological polar surface area (TPSA) is 66.4 Å². The minimum Gasteiger partial charge on any atom is -0.479 e. The second-order valence-electron chi connectivity index (χ2n) is 5.54. The Morgan fingerprint density at radius 3 is 2.48 bits per heavy atom. The van der Waals surface area contributed by atoms with Crippen molar-refractivity contribution in [3.8, 4) is 0 Å². The van der Waals surface area contributed by atoms with E-state index in [-0.39, 0.29) is 5.91 Å². The van der Waals surface area contributed by atoms with Crippen molar-refractivity contribution < 1.29 is 14.7 Å². The Bertz CT molecular complexity index is 679. The second kappa shape index (κ2) is 7.92. The predicted molar refractivity (Wildman–Crippen MR) is 91.7 cm³/mol. The van der Waals surface area contributed by atoms with E-state index in [1.165, 1.54) is 15.3 Å². The monoisotopic (exact) mass is 331 g/mol. The molecule has 0 unspecified atom stereocenters. The molecular formula is C18H21NO3S. The molecule has 1 aromatic carbocycles. The number of carboxylic acids is 1. The zero-order valence-electron chi connectivity index (χ0n) is 13.3. The number of aryl methyl sites for hydroxylation is 3. The van der Waals surface area contributed by atoms with Crippen molar-refractivity contribution in [3.05, 3.63) is 57.3 Å². The molecule has 122 valence electrons. The number of thiophene rings is 1. The van der Waals surface area contributed by atoms with Crippen LogP contribution in [0.2, 0.25) is 0 Å². The lowest BCUT2D eigenvalue weighted by Gasteiger charge is -2.14. The van der Waals surface area contributed by atoms with Crippen LogP contribution in [0.3, 0.4) is 0 Å². The van der Waals surface area contributed by atoms with Crippen molar-refractivity contribution in [1.82, 2.24) is 5.32 Å². The van der Waals surface area contributed by atoms with Gasteiger partial charge in [-0.1, -0.05) is 30.3 Å². The molecule has 0 radical (unpaired) electrons. The van der Waals surface area contributed by atoms with E-state index in [0.29, 0.717) is 18.4 Å². The highest BCUT2D eigenvalue weighted by atomic mass is 32.1. The Kier molecular flexibility index (Phi) is 5.93. The molecule has 2 rings (SSSR count). The average Bonchev–Trinajstić information content (AvgIpc) is 2.83. The van der Waals surface area contributed by atoms with Gasteiger partial charge in [-0.15, -0.1) is 11.3 Å². The minimum atomic E-state index is -1.05. The van der Waals surface area contributed by atoms with Crippen molar-refractivity contribution in [2.45, 2.75) is 39.2 Å². The van der Waals surface area contributed by atoms with Crippen molar-refractivity contribution in [2.24, 2.45) is 0 Å². The highest BCUT2D eigenvalue weighted by Gasteiger charge is 2.21. The van der Waals surface area contributed by atoms with Crippen molar-refractivity contribution in [1.29, 1.82) is 0 Å². The summed E-state index contributed by atoms with van der Waals surface area (Å²) < 4.78 is 0. The first-order valence-corrected chi connectivity index (χ1v) is 8.42. The molecule has 0 bridgehead atoms. The number of nitrogens with one attached hydrogen (secondary N) is 1. The number of hydrogen-bond donors (Lipinski definition) is 2. The molecule has 23 heavy (non-hydrogen) atoms. The molecule has 0 aliphatic rings. The van der Waals surface area contributed by atoms with Gasteiger partial charge in [0.2, 0.25) is 5.91 Å². The molecule has 0 aliphatic heterocycles. The van der Waals surface area contributed by atoms with E-state index in [2.05, 4.69) is 25.2 Å². The first-order valence-electron chi connectivity index (χ1n) is 7.60. The number of hydrogen-bond acceptors (Lipinski definition) is 3. The fraction of sp³-hybridized carbons (Fsp3) is 0.333. The van der Waals surface area contributed by atoms with E-state index in [0.717, 1.165) is 6.42 Å². The van der Waals surface area contributed by atoms with Crippen LogP contribution in [-0.2, 0) is 16.0 Å². The fourth-order valence-corrected chi connectivity index (χ4v) is 3.51. The maximum Gasteiger partial charge on any atom is 0.330 e. The maximum absolute atomic E-state index is 12.0. The van der Waals surface area contributed by atoms with Crippen LogP contribution in [0, 0.1) is 13.8 Å². The summed E-state index contributed by atoms with van der Waals surface area (Å²) in [5.41, 5.74) is 1.86. The highest BCUT2D eigenvalue weighted by Crippen LogP contribution is 2.22. The van der Waals surface area contributed by atoms with Gasteiger partial charge in [0.1, 0.15) is 0 Å². The summed E-state index contributed by atoms with van der Waals surface area (Å²) in [5.74, 6) is -1.28. The van der Waals surface area contributed by atoms with Gasteiger partial charge in [0.05, 0.1) is 0 Å². The summed E-state index contributed by atoms with van der Waals surface area (Å²) in [6, 6.07) is 9.91. The molecule has 0 spiro atoms. The van der Waals surface area contributed by atoms with E-state index in [1.54, 1.807) is 35.6 Å². The fourth-order valence-electron chi connectivity index (χ4n) is 2.54. The molecule has 1 heterocycles. The Labute approximate surface area is 140 Å². The van der Waals surface area contributed by atoms with Crippen LogP contribution in [0.15, 0.2) is 36.4 Å². The number of carbonyl (C=O) groups is 2. The van der Waals surface area contributed by atoms with Gasteiger partial charge in [0, 0.05) is 16.2 Å². The molecule has 0 saturated carbocycles. The minimum absolute atomic E-state index is 0.231. The first-order chi connectivity index (χ1) is 11.0. The van der Waals surface area contributed by atoms with Crippen LogP contribution in [-0.4, -0.2) is 17.0 Å². The van der Waals surface area contributed by atoms with Crippen LogP contribution in [0.25, 0.3) is 0 Å². The Balaban J connectivity index is 1.87. The number of carboxylic acid groups (broad SMARTS) is 1. The summed E-state index contributed by atoms with van der Waals surface area (Å²) in [5, 5.41) is 11.9. The average molecular weight is 331 g/mol. The Hall–Kier alpha value is -2.14. The molecule has 4 nitrogen and oxygen atoms in total. The lowest BCUT2D eigenvalue weighted by atomic mass is 10.1. The summed E-state index contributed by atoms with van der Waals surface area (Å²) in [7, 11) is 0. The third kappa shape index (κ3) is 4.93. The van der Waals surface area contributed by atoms with E-state index in [4.69, 9.17) is 0 Å². The number of benzene rings is 1. The van der Waals surface area contributed by atoms with Gasteiger partial charge >= 0.3 is 5.97 Å². The molecule has 0 aliphatic carbocycles. The van der Waals surface area contributed by atoms with E-state index in [9.17, 15) is 14.7 Å². The molecule has 5 heteroatoms. The van der Waals surface area contributed by atoms with E-state index < -0.39 is 12.0 Å². The highest BCUT2D eigenvalue weighted by molar-refractivity contribution is 7.12. The quantitative estimate of drug-likeness (QED) is 0.814. The summed E-state index contributed by atoms with van der Waals surface area (Å²) in [6.45, 7) is 4.16. The summed E-state index contributed by atoms with van der Waals surface area (Å²) >= 11 is 1.76. The summed E-state index contributed by atoms with van der Waals surface area (Å²) in [6.07, 6.45) is 1.88. The van der Waals surface area contributed by atoms with Gasteiger partial charge < -0.3 is 10.4 Å². The van der Waals surface area contributed by atoms with E-state index >= 15 is 0 Å². The standard InChI is InChI=1S/C18H21NO3S/c1-12-11-15(13(2)23-12)9-6-10-16(20)19-17(18(21)22)14-7-4-3-5-8-14/h3-5,7-8,11,17H,6,9-10H2,1-2H3,(H,19,20)(H,21,22)/t17-/m0/s1. The second-order valence-corrected chi connectivity index (χ2v) is 7.00. The smallest absolute Gasteiger partial charge is 0.330 e. The van der Waals surface area contributed by atoms with Crippen molar-refractivity contribution >= 4 is 23.2 Å². The molecular weight excluding hydrogens is 310 g/mol. The number of amides is 1. The van der Waals surface area contributed by atoms with Gasteiger partial charge in [0.25, 0.3) is 0 Å². The lowest BCUT2D eigenvalue weighted by Crippen LogP contribution is -2.33. The largest absolute Gasteiger partial charge is 0.479 e. The molecule has 2 aromatic rings. The zero-order valence-corrected chi connectivity index (χ0v) is 14.2. The molecule has 0 fully saturated rings. The van der Waals surface area contributed by atoms with Crippen molar-refractivity contribution in [3.63, 3.8) is 0 Å². The Morgan fingerprint density at radius 1 is 1.22 bits per heavy atom. The first kappa shape index (κ1) is 17.2. The van der Waals surface area contributed by atoms with Crippen LogP contribution in [0.4, 0.5) is 0 Å². The number of carbonyl (C=O) groups excluding carboxylic acids is 1. The van der Waals surface area contributed by atoms with Gasteiger partial charge in [0.15, 0.2) is 6.04 Å². The van der Waals surface area contributed by atoms with Crippen LogP contribution >= 0.6 is 11.3 Å². The van der Waals surface area contributed by atoms with Crippen LogP contribution < -0.4 is 5.32 Å². The van der Waals surface area contributed by atoms with E-state index in [1.807, 2.05) is 6.07 Å². The van der Waals surface area contributed by atoms with Gasteiger partial charge in [-0.2, -0.15) is 0 Å². The summed E-state index contributed by atoms with van der Waals surface area (Å²) in [4.78, 5) is 26.0. The van der Waals surface area contributed by atoms with Crippen LogP contribution in [0.5, 0.6) is 0 Å². The predicted octanol–water partition coefficient (Wildman–Crippen LogP) is 3.63. The Morgan fingerprint density at radius 2 is 1.91 bits per heavy atom.